The average Bonchev–Trinajstić information content (AvgIpc) is 2.58. The predicted octanol–water partition coefficient (Wildman–Crippen LogP) is 3.63. The van der Waals surface area contributed by atoms with Crippen LogP contribution in [0.2, 0.25) is 10.0 Å². The molecule has 1 saturated carbocycles. The van der Waals surface area contributed by atoms with E-state index in [2.05, 4.69) is 4.90 Å². The van der Waals surface area contributed by atoms with E-state index in [1.807, 2.05) is 0 Å². The summed E-state index contributed by atoms with van der Waals surface area (Å²) in [6.07, 6.45) is 6.40. The van der Waals surface area contributed by atoms with Crippen LogP contribution in [0, 0.1) is 0 Å². The molecule has 2 aliphatic rings. The first kappa shape index (κ1) is 17.5. The van der Waals surface area contributed by atoms with E-state index in [-0.39, 0.29) is 9.92 Å². The lowest BCUT2D eigenvalue weighted by molar-refractivity contribution is 0.111. The van der Waals surface area contributed by atoms with Crippen LogP contribution >= 0.6 is 23.2 Å². The van der Waals surface area contributed by atoms with E-state index in [9.17, 15) is 8.42 Å². The molecule has 7 heteroatoms. The Morgan fingerprint density at radius 1 is 0.957 bits per heavy atom. The molecule has 1 aliphatic carbocycles. The number of piperazine rings is 1. The number of sulfonamides is 1. The van der Waals surface area contributed by atoms with Gasteiger partial charge in [-0.15, -0.1) is 0 Å². The number of benzene rings is 1. The highest BCUT2D eigenvalue weighted by molar-refractivity contribution is 7.89. The molecule has 1 saturated heterocycles. The van der Waals surface area contributed by atoms with Crippen LogP contribution in [-0.4, -0.2) is 49.8 Å². The van der Waals surface area contributed by atoms with Crippen LogP contribution in [0.3, 0.4) is 0 Å². The fourth-order valence-corrected chi connectivity index (χ4v) is 5.73. The van der Waals surface area contributed by atoms with Crippen LogP contribution in [-0.2, 0) is 10.0 Å². The second-order valence-corrected chi connectivity index (χ2v) is 9.06. The summed E-state index contributed by atoms with van der Waals surface area (Å²) in [6.45, 7) is 2.62. The van der Waals surface area contributed by atoms with E-state index in [1.54, 1.807) is 6.07 Å². The highest BCUT2D eigenvalue weighted by Crippen LogP contribution is 2.29. The first-order valence-corrected chi connectivity index (χ1v) is 10.4. The Labute approximate surface area is 148 Å². The van der Waals surface area contributed by atoms with Gasteiger partial charge in [-0.1, -0.05) is 42.5 Å². The number of nitrogens with zero attached hydrogens (tertiary/aromatic N) is 2. The van der Waals surface area contributed by atoms with Gasteiger partial charge in [-0.3, -0.25) is 4.90 Å². The standard InChI is InChI=1S/C16H22Cl2N2O2S/c17-13-6-7-15(18)16(12-13)23(21,22)20-10-8-19(9-11-20)14-4-2-1-3-5-14/h6-7,12,14H,1-5,8-11H2. The van der Waals surface area contributed by atoms with Crippen molar-refractivity contribution in [1.82, 2.24) is 9.21 Å². The molecule has 0 atom stereocenters. The van der Waals surface area contributed by atoms with Crippen molar-refractivity contribution in [2.75, 3.05) is 26.2 Å². The molecule has 0 aromatic heterocycles. The molecule has 128 valence electrons. The molecule has 23 heavy (non-hydrogen) atoms. The topological polar surface area (TPSA) is 40.6 Å². The van der Waals surface area contributed by atoms with Gasteiger partial charge in [0.05, 0.1) is 5.02 Å². The fourth-order valence-electron chi connectivity index (χ4n) is 3.57. The zero-order chi connectivity index (χ0) is 16.4. The molecule has 0 radical (unpaired) electrons. The Hall–Kier alpha value is -0.330. The van der Waals surface area contributed by atoms with Crippen LogP contribution in [0.1, 0.15) is 32.1 Å². The molecule has 0 unspecified atom stereocenters. The monoisotopic (exact) mass is 376 g/mol. The SMILES string of the molecule is O=S(=O)(c1cc(Cl)ccc1Cl)N1CCN(C2CCCCC2)CC1. The summed E-state index contributed by atoms with van der Waals surface area (Å²) in [5.74, 6) is 0. The molecule has 1 heterocycles. The number of halogens is 2. The van der Waals surface area contributed by atoms with Gasteiger partial charge in [0.1, 0.15) is 4.90 Å². The smallest absolute Gasteiger partial charge is 0.244 e. The summed E-state index contributed by atoms with van der Waals surface area (Å²) >= 11 is 12.0. The molecular weight excluding hydrogens is 355 g/mol. The van der Waals surface area contributed by atoms with E-state index < -0.39 is 10.0 Å². The first-order valence-electron chi connectivity index (χ1n) is 8.18. The van der Waals surface area contributed by atoms with Crippen LogP contribution in [0.5, 0.6) is 0 Å². The van der Waals surface area contributed by atoms with Gasteiger partial charge in [-0.05, 0) is 31.0 Å². The summed E-state index contributed by atoms with van der Waals surface area (Å²) < 4.78 is 27.1. The number of rotatable bonds is 3. The van der Waals surface area contributed by atoms with Crippen molar-refractivity contribution >= 4 is 33.2 Å². The van der Waals surface area contributed by atoms with Crippen LogP contribution < -0.4 is 0 Å². The maximum Gasteiger partial charge on any atom is 0.244 e. The molecule has 0 N–H and O–H groups in total. The van der Waals surface area contributed by atoms with Crippen molar-refractivity contribution in [3.63, 3.8) is 0 Å². The second kappa shape index (κ2) is 7.28. The molecule has 1 aromatic carbocycles. The molecule has 1 aliphatic heterocycles. The average molecular weight is 377 g/mol. The molecule has 0 amide bonds. The fraction of sp³-hybridized carbons (Fsp3) is 0.625. The highest BCUT2D eigenvalue weighted by Gasteiger charge is 2.32. The van der Waals surface area contributed by atoms with Gasteiger partial charge in [0.2, 0.25) is 10.0 Å². The molecular formula is C16H22Cl2N2O2S. The van der Waals surface area contributed by atoms with E-state index in [4.69, 9.17) is 23.2 Å². The van der Waals surface area contributed by atoms with Crippen LogP contribution in [0.15, 0.2) is 23.1 Å². The van der Waals surface area contributed by atoms with E-state index in [0.717, 1.165) is 13.1 Å². The Kier molecular flexibility index (Phi) is 5.53. The maximum absolute atomic E-state index is 12.8. The lowest BCUT2D eigenvalue weighted by Gasteiger charge is -2.40. The van der Waals surface area contributed by atoms with Crippen molar-refractivity contribution in [2.45, 2.75) is 43.0 Å². The van der Waals surface area contributed by atoms with E-state index in [0.29, 0.717) is 24.2 Å². The third-order valence-corrected chi connectivity index (χ3v) is 7.49. The Morgan fingerprint density at radius 3 is 2.26 bits per heavy atom. The van der Waals surface area contributed by atoms with Crippen molar-refractivity contribution < 1.29 is 8.42 Å². The summed E-state index contributed by atoms with van der Waals surface area (Å²) in [5, 5.41) is 0.609. The highest BCUT2D eigenvalue weighted by atomic mass is 35.5. The van der Waals surface area contributed by atoms with Gasteiger partial charge in [-0.2, -0.15) is 4.31 Å². The number of hydrogen-bond acceptors (Lipinski definition) is 3. The normalized spacial score (nSPS) is 22.3. The van der Waals surface area contributed by atoms with Crippen LogP contribution in [0.25, 0.3) is 0 Å². The Bertz CT molecular complexity index is 652. The van der Waals surface area contributed by atoms with Gasteiger partial charge >= 0.3 is 0 Å². The second-order valence-electron chi connectivity index (χ2n) is 6.31. The largest absolute Gasteiger partial charge is 0.298 e. The molecule has 0 bridgehead atoms. The van der Waals surface area contributed by atoms with Crippen LogP contribution in [0.4, 0.5) is 0 Å². The van der Waals surface area contributed by atoms with Gasteiger partial charge in [-0.25, -0.2) is 8.42 Å². The van der Waals surface area contributed by atoms with Gasteiger partial charge in [0.15, 0.2) is 0 Å². The Morgan fingerprint density at radius 2 is 1.61 bits per heavy atom. The molecule has 2 fully saturated rings. The van der Waals surface area contributed by atoms with Gasteiger partial charge in [0.25, 0.3) is 0 Å². The summed E-state index contributed by atoms with van der Waals surface area (Å²) in [6, 6.07) is 5.20. The summed E-state index contributed by atoms with van der Waals surface area (Å²) in [7, 11) is -3.58. The zero-order valence-corrected chi connectivity index (χ0v) is 15.4. The minimum Gasteiger partial charge on any atom is -0.298 e. The van der Waals surface area contributed by atoms with Crippen molar-refractivity contribution in [3.05, 3.63) is 28.2 Å². The minimum absolute atomic E-state index is 0.109. The lowest BCUT2D eigenvalue weighted by atomic mass is 9.94. The Balaban J connectivity index is 1.69. The summed E-state index contributed by atoms with van der Waals surface area (Å²) in [5.41, 5.74) is 0. The zero-order valence-electron chi connectivity index (χ0n) is 13.0. The third kappa shape index (κ3) is 3.85. The lowest BCUT2D eigenvalue weighted by Crippen LogP contribution is -2.52. The predicted molar refractivity (Wildman–Crippen MR) is 93.7 cm³/mol. The van der Waals surface area contributed by atoms with Crippen molar-refractivity contribution in [2.24, 2.45) is 0 Å². The van der Waals surface area contributed by atoms with E-state index >= 15 is 0 Å². The van der Waals surface area contributed by atoms with Crippen molar-refractivity contribution in [1.29, 1.82) is 0 Å². The molecule has 1 aromatic rings. The van der Waals surface area contributed by atoms with Crippen molar-refractivity contribution in [3.8, 4) is 0 Å². The van der Waals surface area contributed by atoms with Gasteiger partial charge in [0, 0.05) is 37.2 Å². The third-order valence-electron chi connectivity index (χ3n) is 4.88. The quantitative estimate of drug-likeness (QED) is 0.808. The maximum atomic E-state index is 12.8. The number of hydrogen-bond donors (Lipinski definition) is 0. The summed E-state index contributed by atoms with van der Waals surface area (Å²) in [4.78, 5) is 2.56. The molecule has 3 rings (SSSR count). The molecule has 0 spiro atoms. The van der Waals surface area contributed by atoms with Gasteiger partial charge < -0.3 is 0 Å². The first-order chi connectivity index (χ1) is 11.0. The minimum atomic E-state index is -3.58. The molecule has 4 nitrogen and oxygen atoms in total. The van der Waals surface area contributed by atoms with E-state index in [1.165, 1.54) is 48.5 Å².